The number of halogens is 2. The van der Waals surface area contributed by atoms with Gasteiger partial charge in [-0.2, -0.15) is 0 Å². The van der Waals surface area contributed by atoms with Crippen molar-refractivity contribution >= 4 is 36.9 Å². The Bertz CT molecular complexity index is 1060. The zero-order chi connectivity index (χ0) is 18.9. The lowest BCUT2D eigenvalue weighted by Gasteiger charge is -2.11. The Balaban J connectivity index is 1.81. The normalized spacial score (nSPS) is 11.8. The topological polar surface area (TPSA) is 71.2 Å². The molecule has 2 N–H and O–H groups in total. The van der Waals surface area contributed by atoms with Crippen molar-refractivity contribution < 1.29 is 17.5 Å². The van der Waals surface area contributed by atoms with Gasteiger partial charge in [-0.05, 0) is 55.3 Å². The summed E-state index contributed by atoms with van der Waals surface area (Å²) in [5.74, 6) is -0.533. The molecular weight excluding hydrogens is 423 g/mol. The van der Waals surface area contributed by atoms with Crippen LogP contribution < -0.4 is 9.46 Å². The van der Waals surface area contributed by atoms with Crippen molar-refractivity contribution in [3.05, 3.63) is 57.9 Å². The van der Waals surface area contributed by atoms with Crippen molar-refractivity contribution in [3.8, 4) is 5.75 Å². The maximum Gasteiger partial charge on any atom is 0.244 e. The second kappa shape index (κ2) is 7.38. The minimum Gasteiger partial charge on any atom is -0.495 e. The highest BCUT2D eigenvalue weighted by Crippen LogP contribution is 2.27. The number of fused-ring (bicyclic) bond motifs is 1. The predicted molar refractivity (Wildman–Crippen MR) is 103 cm³/mol. The van der Waals surface area contributed by atoms with Gasteiger partial charge in [-0.1, -0.05) is 15.9 Å². The van der Waals surface area contributed by atoms with Crippen LogP contribution in [0.25, 0.3) is 10.9 Å². The molecule has 0 spiro atoms. The molecule has 0 aliphatic heterocycles. The first-order valence-corrected chi connectivity index (χ1v) is 10.2. The first kappa shape index (κ1) is 18.9. The number of hydrogen-bond acceptors (Lipinski definition) is 3. The van der Waals surface area contributed by atoms with Gasteiger partial charge in [0.25, 0.3) is 0 Å². The van der Waals surface area contributed by atoms with Gasteiger partial charge in [-0.25, -0.2) is 17.5 Å². The Labute approximate surface area is 159 Å². The summed E-state index contributed by atoms with van der Waals surface area (Å²) >= 11 is 3.45. The molecule has 8 heteroatoms. The Kier molecular flexibility index (Phi) is 5.36. The first-order valence-electron chi connectivity index (χ1n) is 7.92. The minimum absolute atomic E-state index is 0.103. The van der Waals surface area contributed by atoms with Crippen LogP contribution in [-0.4, -0.2) is 27.1 Å². The van der Waals surface area contributed by atoms with Gasteiger partial charge < -0.3 is 9.72 Å². The molecule has 0 radical (unpaired) electrons. The van der Waals surface area contributed by atoms with E-state index >= 15 is 0 Å². The molecule has 0 aliphatic rings. The van der Waals surface area contributed by atoms with Crippen molar-refractivity contribution in [2.45, 2.75) is 18.2 Å². The third kappa shape index (κ3) is 3.77. The Morgan fingerprint density at radius 1 is 1.23 bits per heavy atom. The van der Waals surface area contributed by atoms with Crippen LogP contribution in [0.2, 0.25) is 0 Å². The van der Waals surface area contributed by atoms with Crippen LogP contribution in [0, 0.1) is 12.7 Å². The molecule has 0 amide bonds. The van der Waals surface area contributed by atoms with Crippen molar-refractivity contribution in [1.82, 2.24) is 9.71 Å². The highest BCUT2D eigenvalue weighted by atomic mass is 79.9. The van der Waals surface area contributed by atoms with Crippen LogP contribution in [0.1, 0.15) is 11.3 Å². The molecule has 26 heavy (non-hydrogen) atoms. The molecular formula is C18H18BrFN2O3S. The number of benzene rings is 2. The number of methoxy groups -OCH3 is 1. The summed E-state index contributed by atoms with van der Waals surface area (Å²) < 4.78 is 47.0. The number of sulfonamides is 1. The van der Waals surface area contributed by atoms with E-state index in [9.17, 15) is 12.8 Å². The molecule has 0 unspecified atom stereocenters. The van der Waals surface area contributed by atoms with Gasteiger partial charge in [-0.15, -0.1) is 0 Å². The summed E-state index contributed by atoms with van der Waals surface area (Å²) in [7, 11) is -2.54. The van der Waals surface area contributed by atoms with Gasteiger partial charge in [0.05, 0.1) is 7.11 Å². The monoisotopic (exact) mass is 440 g/mol. The number of H-pyrrole nitrogens is 1. The lowest BCUT2D eigenvalue weighted by atomic mass is 10.1. The van der Waals surface area contributed by atoms with Crippen LogP contribution in [0.3, 0.4) is 0 Å². The SMILES string of the molecule is COc1ccc(F)cc1S(=O)(=O)NCCc1c(C)[nH]c2ccc(Br)cc12. The van der Waals surface area contributed by atoms with Crippen molar-refractivity contribution in [2.75, 3.05) is 13.7 Å². The smallest absolute Gasteiger partial charge is 0.244 e. The number of rotatable bonds is 6. The van der Waals surface area contributed by atoms with Crippen molar-refractivity contribution in [2.24, 2.45) is 0 Å². The van der Waals surface area contributed by atoms with E-state index in [0.717, 1.165) is 38.8 Å². The summed E-state index contributed by atoms with van der Waals surface area (Å²) in [6.45, 7) is 2.13. The molecule has 0 atom stereocenters. The number of aryl methyl sites for hydroxylation is 1. The standard InChI is InChI=1S/C18H18BrFN2O3S/c1-11-14(15-9-12(19)3-5-16(15)22-11)7-8-21-26(23,24)18-10-13(20)4-6-17(18)25-2/h3-6,9-10,21-22H,7-8H2,1-2H3. The third-order valence-electron chi connectivity index (χ3n) is 4.16. The van der Waals surface area contributed by atoms with Crippen LogP contribution in [0.5, 0.6) is 5.75 Å². The predicted octanol–water partition coefficient (Wildman–Crippen LogP) is 3.91. The third-order valence-corrected chi connectivity index (χ3v) is 6.14. The number of ether oxygens (including phenoxy) is 1. The molecule has 3 rings (SSSR count). The van der Waals surface area contributed by atoms with E-state index in [1.165, 1.54) is 13.2 Å². The molecule has 5 nitrogen and oxygen atoms in total. The largest absolute Gasteiger partial charge is 0.495 e. The number of aromatic amines is 1. The number of hydrogen-bond donors (Lipinski definition) is 2. The van der Waals surface area contributed by atoms with E-state index in [0.29, 0.717) is 6.42 Å². The molecule has 1 heterocycles. The highest BCUT2D eigenvalue weighted by molar-refractivity contribution is 9.10. The Hall–Kier alpha value is -1.90. The van der Waals surface area contributed by atoms with E-state index in [2.05, 4.69) is 25.6 Å². The fourth-order valence-electron chi connectivity index (χ4n) is 2.93. The van der Waals surface area contributed by atoms with Gasteiger partial charge in [-0.3, -0.25) is 0 Å². The molecule has 1 aromatic heterocycles. The maximum atomic E-state index is 13.5. The molecule has 0 saturated heterocycles. The van der Waals surface area contributed by atoms with E-state index in [1.807, 2.05) is 25.1 Å². The average Bonchev–Trinajstić information content (AvgIpc) is 2.90. The summed E-state index contributed by atoms with van der Waals surface area (Å²) in [6, 6.07) is 9.32. The van der Waals surface area contributed by atoms with Crippen LogP contribution in [0.4, 0.5) is 4.39 Å². The van der Waals surface area contributed by atoms with Crippen molar-refractivity contribution in [1.29, 1.82) is 0 Å². The highest BCUT2D eigenvalue weighted by Gasteiger charge is 2.20. The fourth-order valence-corrected chi connectivity index (χ4v) is 4.50. The molecule has 0 aliphatic carbocycles. The Morgan fingerprint density at radius 3 is 2.73 bits per heavy atom. The first-order chi connectivity index (χ1) is 12.3. The quantitative estimate of drug-likeness (QED) is 0.610. The Morgan fingerprint density at radius 2 is 2.00 bits per heavy atom. The van der Waals surface area contributed by atoms with E-state index in [4.69, 9.17) is 4.74 Å². The van der Waals surface area contributed by atoms with Gasteiger partial charge >= 0.3 is 0 Å². The number of nitrogens with one attached hydrogen (secondary N) is 2. The lowest BCUT2D eigenvalue weighted by Crippen LogP contribution is -2.26. The van der Waals surface area contributed by atoms with Crippen LogP contribution in [0.15, 0.2) is 45.8 Å². The summed E-state index contributed by atoms with van der Waals surface area (Å²) in [5, 5.41) is 1.04. The molecule has 0 saturated carbocycles. The maximum absolute atomic E-state index is 13.5. The van der Waals surface area contributed by atoms with Gasteiger partial charge in [0.2, 0.25) is 10.0 Å². The minimum atomic E-state index is -3.89. The molecule has 0 bridgehead atoms. The van der Waals surface area contributed by atoms with Gasteiger partial charge in [0.15, 0.2) is 0 Å². The van der Waals surface area contributed by atoms with Gasteiger partial charge in [0.1, 0.15) is 16.5 Å². The zero-order valence-electron chi connectivity index (χ0n) is 14.3. The van der Waals surface area contributed by atoms with E-state index in [1.54, 1.807) is 0 Å². The molecule has 138 valence electrons. The van der Waals surface area contributed by atoms with Crippen molar-refractivity contribution in [3.63, 3.8) is 0 Å². The molecule has 2 aromatic carbocycles. The average molecular weight is 441 g/mol. The van der Waals surface area contributed by atoms with E-state index in [-0.39, 0.29) is 17.2 Å². The second-order valence-corrected chi connectivity index (χ2v) is 8.51. The van der Waals surface area contributed by atoms with Crippen LogP contribution >= 0.6 is 15.9 Å². The summed E-state index contributed by atoms with van der Waals surface area (Å²) in [5.41, 5.74) is 3.02. The van der Waals surface area contributed by atoms with Crippen LogP contribution in [-0.2, 0) is 16.4 Å². The molecule has 3 aromatic rings. The number of aromatic nitrogens is 1. The summed E-state index contributed by atoms with van der Waals surface area (Å²) in [6.07, 6.45) is 0.499. The second-order valence-electron chi connectivity index (χ2n) is 5.86. The van der Waals surface area contributed by atoms with E-state index < -0.39 is 15.8 Å². The lowest BCUT2D eigenvalue weighted by molar-refractivity contribution is 0.400. The summed E-state index contributed by atoms with van der Waals surface area (Å²) in [4.78, 5) is 3.08. The zero-order valence-corrected chi connectivity index (χ0v) is 16.7. The molecule has 0 fully saturated rings. The van der Waals surface area contributed by atoms with Gasteiger partial charge in [0, 0.05) is 27.6 Å². The fraction of sp³-hybridized carbons (Fsp3) is 0.222.